The second-order valence-electron chi connectivity index (χ2n) is 2.86. The van der Waals surface area contributed by atoms with Crippen LogP contribution in [0.1, 0.15) is 6.42 Å². The van der Waals surface area contributed by atoms with Crippen LogP contribution in [0.3, 0.4) is 0 Å². The molecule has 0 spiro atoms. The van der Waals surface area contributed by atoms with Crippen LogP contribution in [-0.4, -0.2) is 52.8 Å². The molecule has 0 bridgehead atoms. The summed E-state index contributed by atoms with van der Waals surface area (Å²) < 4.78 is 29.7. The summed E-state index contributed by atoms with van der Waals surface area (Å²) in [7, 11) is -2.67. The van der Waals surface area contributed by atoms with E-state index < -0.39 is 11.0 Å². The zero-order valence-corrected chi connectivity index (χ0v) is 8.37. The first kappa shape index (κ1) is 10.9. The molecule has 0 unspecified atom stereocenters. The Morgan fingerprint density at radius 2 is 2.00 bits per heavy atom. The molecule has 1 fully saturated rings. The molecule has 0 aromatic rings. The number of nitrogens with zero attached hydrogens (tertiary/aromatic N) is 1. The van der Waals surface area contributed by atoms with E-state index in [1.165, 1.54) is 0 Å². The summed E-state index contributed by atoms with van der Waals surface area (Å²) in [4.78, 5) is 2.24. The lowest BCUT2D eigenvalue weighted by molar-refractivity contribution is 0.0359. The molecule has 78 valence electrons. The van der Waals surface area contributed by atoms with Gasteiger partial charge in [-0.25, -0.2) is 8.42 Å². The zero-order valence-electron chi connectivity index (χ0n) is 7.48. The van der Waals surface area contributed by atoms with E-state index in [0.717, 1.165) is 39.3 Å². The topological polar surface area (TPSA) is 55.8 Å². The van der Waals surface area contributed by atoms with E-state index in [1.54, 1.807) is 0 Å². The van der Waals surface area contributed by atoms with Gasteiger partial charge in [-0.1, -0.05) is 0 Å². The Labute approximate surface area is 79.8 Å². The number of rotatable bonds is 5. The highest BCUT2D eigenvalue weighted by atomic mass is 32.2. The van der Waals surface area contributed by atoms with Crippen LogP contribution in [0, 0.1) is 0 Å². The highest BCUT2D eigenvalue weighted by Crippen LogP contribution is 1.97. The van der Waals surface area contributed by atoms with E-state index in [-0.39, 0.29) is 6.61 Å². The van der Waals surface area contributed by atoms with Crippen molar-refractivity contribution in [3.8, 4) is 0 Å². The average molecular weight is 209 g/mol. The molecule has 1 rings (SSSR count). The Kier molecular flexibility index (Phi) is 5.29. The molecule has 6 heteroatoms. The van der Waals surface area contributed by atoms with Crippen LogP contribution in [0.25, 0.3) is 0 Å². The highest BCUT2D eigenvalue weighted by molar-refractivity contribution is 7.67. The molecule has 0 saturated carbocycles. The molecule has 1 aliphatic rings. The third kappa shape index (κ3) is 5.20. The molecule has 0 radical (unpaired) electrons. The van der Waals surface area contributed by atoms with E-state index in [9.17, 15) is 8.42 Å². The average Bonchev–Trinajstić information content (AvgIpc) is 2.14. The summed E-state index contributed by atoms with van der Waals surface area (Å²) in [5, 5.41) is 0. The van der Waals surface area contributed by atoms with Gasteiger partial charge in [0.05, 0.1) is 19.8 Å². The molecule has 1 aliphatic heterocycles. The number of morpholine rings is 1. The number of thiol groups is 1. The van der Waals surface area contributed by atoms with Gasteiger partial charge in [-0.05, 0) is 6.42 Å². The van der Waals surface area contributed by atoms with Crippen molar-refractivity contribution in [3.05, 3.63) is 0 Å². The van der Waals surface area contributed by atoms with Crippen molar-refractivity contribution in [2.75, 3.05) is 39.5 Å². The molecular weight excluding hydrogens is 194 g/mol. The summed E-state index contributed by atoms with van der Waals surface area (Å²) in [6, 6.07) is 0. The van der Waals surface area contributed by atoms with Crippen molar-refractivity contribution < 1.29 is 17.3 Å². The van der Waals surface area contributed by atoms with Crippen LogP contribution in [0.15, 0.2) is 0 Å². The summed E-state index contributed by atoms with van der Waals surface area (Å²) in [6.45, 7) is 4.59. The maximum atomic E-state index is 10.0. The van der Waals surface area contributed by atoms with Gasteiger partial charge in [0, 0.05) is 19.6 Å². The SMILES string of the molecule is O=[SH](=O)OCCCN1CCOCC1. The molecule has 0 atom stereocenters. The number of hydrogen-bond acceptors (Lipinski definition) is 5. The smallest absolute Gasteiger partial charge is 0.257 e. The quantitative estimate of drug-likeness (QED) is 0.477. The van der Waals surface area contributed by atoms with Gasteiger partial charge in [0.25, 0.3) is 11.0 Å². The predicted octanol–water partition coefficient (Wildman–Crippen LogP) is -0.748. The largest absolute Gasteiger partial charge is 0.379 e. The van der Waals surface area contributed by atoms with Crippen molar-refractivity contribution in [3.63, 3.8) is 0 Å². The van der Waals surface area contributed by atoms with Crippen molar-refractivity contribution in [2.45, 2.75) is 6.42 Å². The standard InChI is InChI=1S/C7H15NO4S/c9-13(10)12-5-1-2-8-3-6-11-7-4-8/h13H,1-7H2. The molecule has 5 nitrogen and oxygen atoms in total. The normalized spacial score (nSPS) is 19.5. The molecule has 13 heavy (non-hydrogen) atoms. The fraction of sp³-hybridized carbons (Fsp3) is 1.00. The van der Waals surface area contributed by atoms with E-state index in [2.05, 4.69) is 9.08 Å². The second kappa shape index (κ2) is 6.31. The maximum Gasteiger partial charge on any atom is 0.257 e. The van der Waals surface area contributed by atoms with E-state index in [4.69, 9.17) is 4.74 Å². The van der Waals surface area contributed by atoms with Crippen molar-refractivity contribution in [1.82, 2.24) is 4.90 Å². The Hall–Kier alpha value is -0.170. The Morgan fingerprint density at radius 1 is 1.31 bits per heavy atom. The fourth-order valence-corrected chi connectivity index (χ4v) is 1.53. The number of ether oxygens (including phenoxy) is 1. The summed E-state index contributed by atoms with van der Waals surface area (Å²) in [6.07, 6.45) is 0.753. The molecule has 0 N–H and O–H groups in total. The highest BCUT2D eigenvalue weighted by Gasteiger charge is 2.08. The zero-order chi connectivity index (χ0) is 9.52. The van der Waals surface area contributed by atoms with E-state index in [1.807, 2.05) is 0 Å². The lowest BCUT2D eigenvalue weighted by Crippen LogP contribution is -2.37. The lowest BCUT2D eigenvalue weighted by Gasteiger charge is -2.26. The minimum atomic E-state index is -2.67. The van der Waals surface area contributed by atoms with Crippen LogP contribution in [0.2, 0.25) is 0 Å². The molecule has 0 amide bonds. The van der Waals surface area contributed by atoms with Gasteiger partial charge in [0.15, 0.2) is 0 Å². The van der Waals surface area contributed by atoms with Gasteiger partial charge < -0.3 is 4.74 Å². The van der Waals surface area contributed by atoms with Gasteiger partial charge >= 0.3 is 0 Å². The summed E-state index contributed by atoms with van der Waals surface area (Å²) in [5.74, 6) is 0. The van der Waals surface area contributed by atoms with Crippen molar-refractivity contribution >= 4 is 11.0 Å². The fourth-order valence-electron chi connectivity index (χ4n) is 1.25. The van der Waals surface area contributed by atoms with Crippen LogP contribution in [-0.2, 0) is 19.9 Å². The first-order chi connectivity index (χ1) is 6.29. The van der Waals surface area contributed by atoms with Gasteiger partial charge in [-0.15, -0.1) is 0 Å². The molecule has 1 saturated heterocycles. The summed E-state index contributed by atoms with van der Waals surface area (Å²) in [5.41, 5.74) is 0. The molecule has 0 aromatic carbocycles. The lowest BCUT2D eigenvalue weighted by atomic mass is 10.3. The molecular formula is C7H15NO4S. The van der Waals surface area contributed by atoms with E-state index >= 15 is 0 Å². The third-order valence-electron chi connectivity index (χ3n) is 1.92. The Balaban J connectivity index is 1.98. The second-order valence-corrected chi connectivity index (χ2v) is 3.57. The minimum Gasteiger partial charge on any atom is -0.379 e. The van der Waals surface area contributed by atoms with Gasteiger partial charge in [-0.3, -0.25) is 9.08 Å². The first-order valence-electron chi connectivity index (χ1n) is 4.36. The monoisotopic (exact) mass is 209 g/mol. The van der Waals surface area contributed by atoms with Crippen LogP contribution >= 0.6 is 0 Å². The maximum absolute atomic E-state index is 10.0. The van der Waals surface area contributed by atoms with Gasteiger partial charge in [0.1, 0.15) is 0 Å². The molecule has 1 heterocycles. The number of hydrogen-bond donors (Lipinski definition) is 1. The molecule has 0 aliphatic carbocycles. The molecule has 0 aromatic heterocycles. The Bertz CT molecular complexity index is 193. The van der Waals surface area contributed by atoms with Gasteiger partial charge in [-0.2, -0.15) is 0 Å². The van der Waals surface area contributed by atoms with Crippen LogP contribution < -0.4 is 0 Å². The van der Waals surface area contributed by atoms with Crippen LogP contribution in [0.5, 0.6) is 0 Å². The predicted molar refractivity (Wildman–Crippen MR) is 48.1 cm³/mol. The summed E-state index contributed by atoms with van der Waals surface area (Å²) >= 11 is 0. The first-order valence-corrected chi connectivity index (χ1v) is 5.46. The van der Waals surface area contributed by atoms with E-state index in [0.29, 0.717) is 0 Å². The van der Waals surface area contributed by atoms with Gasteiger partial charge in [0.2, 0.25) is 0 Å². The minimum absolute atomic E-state index is 0.288. The third-order valence-corrected chi connectivity index (χ3v) is 2.31. The van der Waals surface area contributed by atoms with Crippen LogP contribution in [0.4, 0.5) is 0 Å². The van der Waals surface area contributed by atoms with Crippen molar-refractivity contribution in [2.24, 2.45) is 0 Å². The Morgan fingerprint density at radius 3 is 2.62 bits per heavy atom. The van der Waals surface area contributed by atoms with Crippen molar-refractivity contribution in [1.29, 1.82) is 0 Å².